The van der Waals surface area contributed by atoms with Gasteiger partial charge in [-0.25, -0.2) is 0 Å². The van der Waals surface area contributed by atoms with E-state index in [0.717, 1.165) is 0 Å². The molecule has 1 aromatic rings. The monoisotopic (exact) mass is 211 g/mol. The first-order valence-electron chi connectivity index (χ1n) is 4.56. The number of rotatable bonds is 5. The lowest BCUT2D eigenvalue weighted by atomic mass is 10.4. The van der Waals surface area contributed by atoms with Crippen molar-refractivity contribution in [3.63, 3.8) is 0 Å². The molecule has 0 aliphatic carbocycles. The SMILES string of the molecule is CC(=O)Nc1cc(OCCCO)cnn1. The normalized spacial score (nSPS) is 9.73. The fraction of sp³-hybridized carbons (Fsp3) is 0.444. The number of hydrogen-bond acceptors (Lipinski definition) is 5. The first-order valence-corrected chi connectivity index (χ1v) is 4.56. The van der Waals surface area contributed by atoms with E-state index in [1.54, 1.807) is 6.07 Å². The van der Waals surface area contributed by atoms with E-state index in [9.17, 15) is 4.79 Å². The van der Waals surface area contributed by atoms with Crippen molar-refractivity contribution in [3.05, 3.63) is 12.3 Å². The lowest BCUT2D eigenvalue weighted by Crippen LogP contribution is -2.08. The lowest BCUT2D eigenvalue weighted by molar-refractivity contribution is -0.114. The summed E-state index contributed by atoms with van der Waals surface area (Å²) in [4.78, 5) is 10.7. The van der Waals surface area contributed by atoms with Crippen LogP contribution in [0.4, 0.5) is 5.82 Å². The Labute approximate surface area is 87.3 Å². The lowest BCUT2D eigenvalue weighted by Gasteiger charge is -2.05. The Hall–Kier alpha value is -1.69. The van der Waals surface area contributed by atoms with Crippen LogP contribution >= 0.6 is 0 Å². The Morgan fingerprint density at radius 3 is 3.13 bits per heavy atom. The highest BCUT2D eigenvalue weighted by Gasteiger charge is 2.00. The van der Waals surface area contributed by atoms with Crippen LogP contribution in [0.3, 0.4) is 0 Å². The summed E-state index contributed by atoms with van der Waals surface area (Å²) in [6, 6.07) is 1.58. The predicted molar refractivity (Wildman–Crippen MR) is 53.5 cm³/mol. The number of carbonyl (C=O) groups excluding carboxylic acids is 1. The third kappa shape index (κ3) is 4.37. The Morgan fingerprint density at radius 2 is 2.47 bits per heavy atom. The van der Waals surface area contributed by atoms with E-state index in [0.29, 0.717) is 24.6 Å². The van der Waals surface area contributed by atoms with E-state index in [1.165, 1.54) is 13.1 Å². The molecule has 6 heteroatoms. The van der Waals surface area contributed by atoms with Crippen LogP contribution in [0.25, 0.3) is 0 Å². The molecule has 0 saturated heterocycles. The molecule has 82 valence electrons. The summed E-state index contributed by atoms with van der Waals surface area (Å²) < 4.78 is 5.25. The number of hydrogen-bond donors (Lipinski definition) is 2. The van der Waals surface area contributed by atoms with Crippen LogP contribution in [-0.2, 0) is 4.79 Å². The van der Waals surface area contributed by atoms with Gasteiger partial charge in [0.15, 0.2) is 5.82 Å². The number of nitrogens with zero attached hydrogens (tertiary/aromatic N) is 2. The smallest absolute Gasteiger partial charge is 0.222 e. The minimum Gasteiger partial charge on any atom is -0.492 e. The fourth-order valence-corrected chi connectivity index (χ4v) is 0.924. The largest absolute Gasteiger partial charge is 0.492 e. The molecule has 2 N–H and O–H groups in total. The number of carbonyl (C=O) groups is 1. The van der Waals surface area contributed by atoms with Crippen LogP contribution in [0.1, 0.15) is 13.3 Å². The van der Waals surface area contributed by atoms with Crippen molar-refractivity contribution in [2.75, 3.05) is 18.5 Å². The molecule has 0 radical (unpaired) electrons. The number of nitrogens with one attached hydrogen (secondary N) is 1. The van der Waals surface area contributed by atoms with Crippen molar-refractivity contribution >= 4 is 11.7 Å². The molecule has 0 saturated carbocycles. The van der Waals surface area contributed by atoms with Crippen molar-refractivity contribution in [1.82, 2.24) is 10.2 Å². The van der Waals surface area contributed by atoms with Gasteiger partial charge in [-0.2, -0.15) is 5.10 Å². The first kappa shape index (κ1) is 11.4. The van der Waals surface area contributed by atoms with E-state index in [-0.39, 0.29) is 12.5 Å². The summed E-state index contributed by atoms with van der Waals surface area (Å²) in [7, 11) is 0. The fourth-order valence-electron chi connectivity index (χ4n) is 0.924. The number of aliphatic hydroxyl groups is 1. The topological polar surface area (TPSA) is 84.3 Å². The number of ether oxygens (including phenoxy) is 1. The van der Waals surface area contributed by atoms with Gasteiger partial charge in [-0.05, 0) is 0 Å². The second-order valence-electron chi connectivity index (χ2n) is 2.88. The van der Waals surface area contributed by atoms with Crippen LogP contribution in [-0.4, -0.2) is 34.4 Å². The van der Waals surface area contributed by atoms with Gasteiger partial charge in [-0.1, -0.05) is 0 Å². The molecular formula is C9H13N3O3. The van der Waals surface area contributed by atoms with E-state index >= 15 is 0 Å². The summed E-state index contributed by atoms with van der Waals surface area (Å²) >= 11 is 0. The molecule has 0 aromatic carbocycles. The Kier molecular flexibility index (Phi) is 4.49. The maximum atomic E-state index is 10.7. The maximum absolute atomic E-state index is 10.7. The average Bonchev–Trinajstić information content (AvgIpc) is 2.18. The van der Waals surface area contributed by atoms with Crippen molar-refractivity contribution < 1.29 is 14.6 Å². The first-order chi connectivity index (χ1) is 7.22. The molecule has 0 spiro atoms. The van der Waals surface area contributed by atoms with Gasteiger partial charge < -0.3 is 15.2 Å². The maximum Gasteiger partial charge on any atom is 0.222 e. The van der Waals surface area contributed by atoms with Gasteiger partial charge in [0.2, 0.25) is 5.91 Å². The Balaban J connectivity index is 2.53. The number of aliphatic hydroxyl groups excluding tert-OH is 1. The van der Waals surface area contributed by atoms with Gasteiger partial charge in [0.1, 0.15) is 5.75 Å². The number of amides is 1. The molecule has 1 heterocycles. The van der Waals surface area contributed by atoms with Gasteiger partial charge in [-0.3, -0.25) is 4.79 Å². The van der Waals surface area contributed by atoms with Crippen LogP contribution in [0.2, 0.25) is 0 Å². The molecule has 1 aromatic heterocycles. The molecule has 1 rings (SSSR count). The zero-order valence-electron chi connectivity index (χ0n) is 8.43. The van der Waals surface area contributed by atoms with Crippen molar-refractivity contribution in [3.8, 4) is 5.75 Å². The minimum absolute atomic E-state index is 0.0804. The molecule has 0 unspecified atom stereocenters. The standard InChI is InChI=1S/C9H13N3O3/c1-7(14)11-9-5-8(6-10-12-9)15-4-2-3-13/h5-6,13H,2-4H2,1H3,(H,11,12,14). The Bertz CT molecular complexity index is 330. The van der Waals surface area contributed by atoms with E-state index in [4.69, 9.17) is 9.84 Å². The van der Waals surface area contributed by atoms with Gasteiger partial charge in [0.25, 0.3) is 0 Å². The molecular weight excluding hydrogens is 198 g/mol. The minimum atomic E-state index is -0.211. The molecule has 0 bridgehead atoms. The van der Waals surface area contributed by atoms with Crippen LogP contribution in [0.5, 0.6) is 5.75 Å². The zero-order valence-corrected chi connectivity index (χ0v) is 8.43. The van der Waals surface area contributed by atoms with Crippen molar-refractivity contribution in [1.29, 1.82) is 0 Å². The third-order valence-corrected chi connectivity index (χ3v) is 1.50. The summed E-state index contributed by atoms with van der Waals surface area (Å²) in [5.74, 6) is 0.656. The van der Waals surface area contributed by atoms with Crippen molar-refractivity contribution in [2.45, 2.75) is 13.3 Å². The third-order valence-electron chi connectivity index (χ3n) is 1.50. The van der Waals surface area contributed by atoms with Gasteiger partial charge in [0.05, 0.1) is 12.8 Å². The van der Waals surface area contributed by atoms with E-state index in [2.05, 4.69) is 15.5 Å². The predicted octanol–water partition coefficient (Wildman–Crippen LogP) is 0.196. The van der Waals surface area contributed by atoms with Crippen LogP contribution in [0.15, 0.2) is 12.3 Å². The molecule has 1 amide bonds. The second-order valence-corrected chi connectivity index (χ2v) is 2.88. The van der Waals surface area contributed by atoms with Gasteiger partial charge in [0, 0.05) is 26.0 Å². The number of anilines is 1. The Morgan fingerprint density at radius 1 is 1.67 bits per heavy atom. The summed E-state index contributed by atoms with van der Waals surface area (Å²) in [5.41, 5.74) is 0. The average molecular weight is 211 g/mol. The molecule has 0 aliphatic rings. The quantitative estimate of drug-likeness (QED) is 0.679. The highest BCUT2D eigenvalue weighted by Crippen LogP contribution is 2.12. The second kappa shape index (κ2) is 5.92. The molecule has 0 fully saturated rings. The molecule has 0 atom stereocenters. The highest BCUT2D eigenvalue weighted by molar-refractivity contribution is 5.87. The number of aromatic nitrogens is 2. The molecule has 6 nitrogen and oxygen atoms in total. The molecule has 0 aliphatic heterocycles. The molecule has 15 heavy (non-hydrogen) atoms. The van der Waals surface area contributed by atoms with Crippen LogP contribution in [0, 0.1) is 0 Å². The van der Waals surface area contributed by atoms with E-state index in [1.807, 2.05) is 0 Å². The van der Waals surface area contributed by atoms with Crippen molar-refractivity contribution in [2.24, 2.45) is 0 Å². The summed E-state index contributed by atoms with van der Waals surface area (Å²) in [5, 5.41) is 18.4. The van der Waals surface area contributed by atoms with E-state index < -0.39 is 0 Å². The highest BCUT2D eigenvalue weighted by atomic mass is 16.5. The summed E-state index contributed by atoms with van der Waals surface area (Å²) in [6.07, 6.45) is 2.00. The van der Waals surface area contributed by atoms with Gasteiger partial charge in [-0.15, -0.1) is 5.10 Å². The van der Waals surface area contributed by atoms with Crippen LogP contribution < -0.4 is 10.1 Å². The van der Waals surface area contributed by atoms with Gasteiger partial charge >= 0.3 is 0 Å². The summed E-state index contributed by atoms with van der Waals surface area (Å²) in [6.45, 7) is 1.87. The zero-order chi connectivity index (χ0) is 11.1.